The Morgan fingerprint density at radius 2 is 1.78 bits per heavy atom. The van der Waals surface area contributed by atoms with Crippen molar-refractivity contribution in [1.82, 2.24) is 0 Å². The highest BCUT2D eigenvalue weighted by atomic mass is 32.2. The van der Waals surface area contributed by atoms with Gasteiger partial charge in [-0.2, -0.15) is 0 Å². The number of nitrogens with one attached hydrogen (secondary N) is 1. The summed E-state index contributed by atoms with van der Waals surface area (Å²) in [6.07, 6.45) is 3.53. The van der Waals surface area contributed by atoms with Gasteiger partial charge >= 0.3 is 5.97 Å². The number of hydrogen-bond acceptors (Lipinski definition) is 6. The summed E-state index contributed by atoms with van der Waals surface area (Å²) in [5.74, 6) is -0.00322. The number of anilines is 1. The molecule has 32 heavy (non-hydrogen) atoms. The van der Waals surface area contributed by atoms with Crippen LogP contribution in [0.5, 0.6) is 11.5 Å². The number of phenolic OH excluding ortho intramolecular Hbond substituents is 1. The second-order valence-corrected chi connectivity index (χ2v) is 10.4. The fraction of sp³-hybridized carbons (Fsp3) is 0.261. The maximum absolute atomic E-state index is 13.0. The fourth-order valence-corrected chi connectivity index (χ4v) is 5.13. The van der Waals surface area contributed by atoms with E-state index in [-0.39, 0.29) is 27.0 Å². The molecule has 0 bridgehead atoms. The molecule has 168 valence electrons. The Labute approximate surface area is 190 Å². The molecular formula is C23H23NO6S2. The lowest BCUT2D eigenvalue weighted by atomic mass is 10.1. The first kappa shape index (κ1) is 22.3. The number of aliphatic carboxylic acids is 1. The Morgan fingerprint density at radius 1 is 1.09 bits per heavy atom. The van der Waals surface area contributed by atoms with E-state index < -0.39 is 16.0 Å². The van der Waals surface area contributed by atoms with Crippen LogP contribution in [0.4, 0.5) is 5.69 Å². The largest absolute Gasteiger partial charge is 0.506 e. The third kappa shape index (κ3) is 5.28. The van der Waals surface area contributed by atoms with Crippen molar-refractivity contribution >= 4 is 44.2 Å². The zero-order valence-electron chi connectivity index (χ0n) is 17.2. The summed E-state index contributed by atoms with van der Waals surface area (Å²) >= 11 is 0.921. The number of hydrogen-bond donors (Lipinski definition) is 3. The summed E-state index contributed by atoms with van der Waals surface area (Å²) in [4.78, 5) is 11.3. The van der Waals surface area contributed by atoms with Gasteiger partial charge in [-0.1, -0.05) is 37.1 Å². The van der Waals surface area contributed by atoms with E-state index in [1.165, 1.54) is 31.0 Å². The number of carbonyl (C=O) groups is 1. The molecule has 0 unspecified atom stereocenters. The SMILES string of the molecule is O=C(O)CSc1cc(NS(=O)(=O)c2ccc(OCCC3CC3)cc2)c2ccccc2c1O. The first-order valence-corrected chi connectivity index (χ1v) is 12.7. The quantitative estimate of drug-likeness (QED) is 0.289. The minimum absolute atomic E-state index is 0.0731. The van der Waals surface area contributed by atoms with Crippen LogP contribution in [-0.2, 0) is 14.8 Å². The van der Waals surface area contributed by atoms with Gasteiger partial charge in [0.15, 0.2) is 0 Å². The minimum Gasteiger partial charge on any atom is -0.506 e. The van der Waals surface area contributed by atoms with Crippen LogP contribution in [-0.4, -0.2) is 37.0 Å². The van der Waals surface area contributed by atoms with Crippen LogP contribution in [0.1, 0.15) is 19.3 Å². The third-order valence-electron chi connectivity index (χ3n) is 5.20. The summed E-state index contributed by atoms with van der Waals surface area (Å²) in [5.41, 5.74) is 0.260. The highest BCUT2D eigenvalue weighted by Crippen LogP contribution is 2.40. The molecule has 0 aromatic heterocycles. The van der Waals surface area contributed by atoms with Crippen LogP contribution in [0.25, 0.3) is 10.8 Å². The lowest BCUT2D eigenvalue weighted by Gasteiger charge is -2.15. The van der Waals surface area contributed by atoms with Gasteiger partial charge in [-0.3, -0.25) is 9.52 Å². The Kier molecular flexibility index (Phi) is 6.48. The van der Waals surface area contributed by atoms with Crippen molar-refractivity contribution in [1.29, 1.82) is 0 Å². The molecule has 1 fully saturated rings. The lowest BCUT2D eigenvalue weighted by molar-refractivity contribution is -0.133. The molecule has 0 heterocycles. The number of phenols is 1. The molecule has 0 atom stereocenters. The smallest absolute Gasteiger partial charge is 0.313 e. The van der Waals surface area contributed by atoms with E-state index in [9.17, 15) is 18.3 Å². The summed E-state index contributed by atoms with van der Waals surface area (Å²) < 4.78 is 34.3. The number of rotatable bonds is 10. The predicted molar refractivity (Wildman–Crippen MR) is 124 cm³/mol. The number of aromatic hydroxyl groups is 1. The van der Waals surface area contributed by atoms with Gasteiger partial charge in [0.05, 0.1) is 27.8 Å². The van der Waals surface area contributed by atoms with Gasteiger partial charge in [-0.15, -0.1) is 11.8 Å². The summed E-state index contributed by atoms with van der Waals surface area (Å²) in [6.45, 7) is 0.616. The molecule has 3 aromatic rings. The van der Waals surface area contributed by atoms with Gasteiger partial charge in [0.2, 0.25) is 0 Å². The normalized spacial score (nSPS) is 13.8. The average Bonchev–Trinajstić information content (AvgIpc) is 3.59. The lowest BCUT2D eigenvalue weighted by Crippen LogP contribution is -2.13. The molecule has 4 rings (SSSR count). The molecule has 9 heteroatoms. The number of carboxylic acids is 1. The van der Waals surface area contributed by atoms with Crippen molar-refractivity contribution < 1.29 is 28.2 Å². The Balaban J connectivity index is 1.58. The van der Waals surface area contributed by atoms with Crippen LogP contribution in [0.2, 0.25) is 0 Å². The van der Waals surface area contributed by atoms with Crippen molar-refractivity contribution in [3.8, 4) is 11.5 Å². The summed E-state index contributed by atoms with van der Waals surface area (Å²) in [7, 11) is -3.92. The molecule has 1 aliphatic rings. The third-order valence-corrected chi connectivity index (χ3v) is 7.60. The molecule has 0 saturated heterocycles. The Bertz CT molecular complexity index is 1240. The number of ether oxygens (including phenoxy) is 1. The van der Waals surface area contributed by atoms with Crippen LogP contribution >= 0.6 is 11.8 Å². The standard InChI is InChI=1S/C23H23NO6S2/c25-22(26)14-31-21-13-20(18-3-1-2-4-19(18)23(21)27)24-32(28,29)17-9-7-16(8-10-17)30-12-11-15-5-6-15/h1-4,7-10,13,15,24,27H,5-6,11-12,14H2,(H,25,26). The van der Waals surface area contributed by atoms with Crippen molar-refractivity contribution in [3.05, 3.63) is 54.6 Å². The van der Waals surface area contributed by atoms with Crippen molar-refractivity contribution in [3.63, 3.8) is 0 Å². The number of fused-ring (bicyclic) bond motifs is 1. The van der Waals surface area contributed by atoms with Crippen molar-refractivity contribution in [2.45, 2.75) is 29.1 Å². The summed E-state index contributed by atoms with van der Waals surface area (Å²) in [5, 5.41) is 20.4. The predicted octanol–water partition coefficient (Wildman–Crippen LogP) is 4.70. The maximum atomic E-state index is 13.0. The van der Waals surface area contributed by atoms with E-state index in [4.69, 9.17) is 9.84 Å². The van der Waals surface area contributed by atoms with Crippen LogP contribution in [0.3, 0.4) is 0 Å². The highest BCUT2D eigenvalue weighted by Gasteiger charge is 2.21. The van der Waals surface area contributed by atoms with Gasteiger partial charge < -0.3 is 14.9 Å². The first-order chi connectivity index (χ1) is 15.3. The van der Waals surface area contributed by atoms with E-state index in [1.807, 2.05) is 0 Å². The van der Waals surface area contributed by atoms with Crippen molar-refractivity contribution in [2.75, 3.05) is 17.1 Å². The average molecular weight is 474 g/mol. The molecule has 3 aromatic carbocycles. The zero-order chi connectivity index (χ0) is 22.7. The molecule has 1 saturated carbocycles. The van der Waals surface area contributed by atoms with Gasteiger partial charge in [0.25, 0.3) is 10.0 Å². The van der Waals surface area contributed by atoms with E-state index in [1.54, 1.807) is 36.4 Å². The molecule has 0 aliphatic heterocycles. The number of carboxylic acid groups (broad SMARTS) is 1. The molecule has 7 nitrogen and oxygen atoms in total. The van der Waals surface area contributed by atoms with Gasteiger partial charge in [0.1, 0.15) is 11.5 Å². The van der Waals surface area contributed by atoms with Crippen LogP contribution in [0, 0.1) is 5.92 Å². The minimum atomic E-state index is -3.92. The van der Waals surface area contributed by atoms with E-state index in [2.05, 4.69) is 4.72 Å². The zero-order valence-corrected chi connectivity index (χ0v) is 18.8. The molecular weight excluding hydrogens is 450 g/mol. The van der Waals surface area contributed by atoms with Gasteiger partial charge in [-0.05, 0) is 42.7 Å². The molecule has 0 radical (unpaired) electrons. The second-order valence-electron chi connectivity index (χ2n) is 7.66. The van der Waals surface area contributed by atoms with Gasteiger partial charge in [0, 0.05) is 10.8 Å². The topological polar surface area (TPSA) is 113 Å². The van der Waals surface area contributed by atoms with Crippen LogP contribution in [0.15, 0.2) is 64.4 Å². The Hall–Kier alpha value is -2.91. The monoisotopic (exact) mass is 473 g/mol. The number of benzene rings is 3. The number of sulfonamides is 1. The molecule has 0 spiro atoms. The Morgan fingerprint density at radius 3 is 2.44 bits per heavy atom. The fourth-order valence-electron chi connectivity index (χ4n) is 3.34. The first-order valence-electron chi connectivity index (χ1n) is 10.2. The van der Waals surface area contributed by atoms with Gasteiger partial charge in [-0.25, -0.2) is 8.42 Å². The summed E-state index contributed by atoms with van der Waals surface area (Å²) in [6, 6.07) is 14.5. The second kappa shape index (κ2) is 9.30. The molecule has 3 N–H and O–H groups in total. The van der Waals surface area contributed by atoms with E-state index >= 15 is 0 Å². The van der Waals surface area contributed by atoms with Crippen molar-refractivity contribution in [2.24, 2.45) is 5.92 Å². The van der Waals surface area contributed by atoms with E-state index in [0.717, 1.165) is 24.1 Å². The number of thioether (sulfide) groups is 1. The highest BCUT2D eigenvalue weighted by molar-refractivity contribution is 8.00. The molecule has 1 aliphatic carbocycles. The van der Waals surface area contributed by atoms with Crippen LogP contribution < -0.4 is 9.46 Å². The van der Waals surface area contributed by atoms with E-state index in [0.29, 0.717) is 23.1 Å². The maximum Gasteiger partial charge on any atom is 0.313 e. The molecule has 0 amide bonds.